The van der Waals surface area contributed by atoms with Gasteiger partial charge >= 0.3 is 19.8 Å². The van der Waals surface area contributed by atoms with Crippen molar-refractivity contribution in [3.05, 3.63) is 48.6 Å². The molecule has 11 heteroatoms. The average Bonchev–Trinajstić information content (AvgIpc) is 3.17. The van der Waals surface area contributed by atoms with Crippen LogP contribution in [0.5, 0.6) is 0 Å². The number of ether oxygens (including phenoxy) is 2. The number of esters is 2. The second kappa shape index (κ2) is 40.1. The Bertz CT molecular complexity index is 1060. The fourth-order valence-corrected chi connectivity index (χ4v) is 6.38. The van der Waals surface area contributed by atoms with Gasteiger partial charge < -0.3 is 24.6 Å². The van der Waals surface area contributed by atoms with E-state index in [1.165, 1.54) is 96.3 Å². The number of aliphatic hydroxyl groups is 2. The summed E-state index contributed by atoms with van der Waals surface area (Å²) >= 11 is 0. The van der Waals surface area contributed by atoms with E-state index in [4.69, 9.17) is 19.1 Å². The largest absolute Gasteiger partial charge is 0.472 e. The monoisotopic (exact) mass is 799 g/mol. The lowest BCUT2D eigenvalue weighted by atomic mass is 10.1. The van der Waals surface area contributed by atoms with Gasteiger partial charge in [-0.2, -0.15) is 0 Å². The van der Waals surface area contributed by atoms with Crippen LogP contribution in [0.1, 0.15) is 181 Å². The summed E-state index contributed by atoms with van der Waals surface area (Å²) in [4.78, 5) is 34.9. The normalized spacial score (nSPS) is 14.3. The highest BCUT2D eigenvalue weighted by Gasteiger charge is 2.27. The molecule has 0 radical (unpaired) electrons. The van der Waals surface area contributed by atoms with E-state index in [9.17, 15) is 24.2 Å². The molecule has 10 nitrogen and oxygen atoms in total. The van der Waals surface area contributed by atoms with Crippen LogP contribution in [0.3, 0.4) is 0 Å². The van der Waals surface area contributed by atoms with Crippen molar-refractivity contribution in [3.63, 3.8) is 0 Å². The molecule has 55 heavy (non-hydrogen) atoms. The Balaban J connectivity index is 4.42. The van der Waals surface area contributed by atoms with Crippen molar-refractivity contribution < 1.29 is 47.8 Å². The zero-order chi connectivity index (χ0) is 40.5. The molecule has 0 bridgehead atoms. The fraction of sp³-hybridized carbons (Fsp3) is 0.773. The van der Waals surface area contributed by atoms with Gasteiger partial charge in [-0.25, -0.2) is 4.57 Å². The van der Waals surface area contributed by atoms with Crippen LogP contribution in [0.2, 0.25) is 0 Å². The Morgan fingerprint density at radius 2 is 0.964 bits per heavy atom. The fourth-order valence-electron chi connectivity index (χ4n) is 5.59. The molecule has 0 aliphatic heterocycles. The molecule has 0 aromatic heterocycles. The summed E-state index contributed by atoms with van der Waals surface area (Å²) < 4.78 is 32.6. The van der Waals surface area contributed by atoms with E-state index < -0.39 is 51.8 Å². The van der Waals surface area contributed by atoms with Gasteiger partial charge in [-0.1, -0.05) is 146 Å². The van der Waals surface area contributed by atoms with Crippen LogP contribution >= 0.6 is 7.82 Å². The van der Waals surface area contributed by atoms with E-state index in [1.807, 2.05) is 6.08 Å². The SMILES string of the molecule is CCCCCCCC/C=C/C/C=C/CCCCC(=O)OC[C@H](COP(=O)(O)OC[C@@H](O)CO)OC(=O)CCC/C=C/C/C=C/CCCCCCCCCCC. The lowest BCUT2D eigenvalue weighted by molar-refractivity contribution is -0.161. The zero-order valence-corrected chi connectivity index (χ0v) is 35.5. The average molecular weight is 799 g/mol. The number of allylic oxidation sites excluding steroid dienone is 8. The lowest BCUT2D eigenvalue weighted by Crippen LogP contribution is -2.29. The quantitative estimate of drug-likeness (QED) is 0.0237. The third-order valence-corrected chi connectivity index (χ3v) is 9.91. The van der Waals surface area contributed by atoms with E-state index in [1.54, 1.807) is 0 Å². The van der Waals surface area contributed by atoms with Gasteiger partial charge in [0, 0.05) is 12.8 Å². The Labute approximate surface area is 334 Å². The maximum Gasteiger partial charge on any atom is 0.472 e. The van der Waals surface area contributed by atoms with Crippen LogP contribution in [0.25, 0.3) is 0 Å². The molecule has 0 aromatic carbocycles. The smallest absolute Gasteiger partial charge is 0.462 e. The summed E-state index contributed by atoms with van der Waals surface area (Å²) in [5.41, 5.74) is 0. The predicted molar refractivity (Wildman–Crippen MR) is 224 cm³/mol. The summed E-state index contributed by atoms with van der Waals surface area (Å²) in [6, 6.07) is 0. The van der Waals surface area contributed by atoms with Gasteiger partial charge in [0.1, 0.15) is 12.7 Å². The standard InChI is InChI=1S/C44H79O10P/c1-3-5-7-9-11-13-15-17-19-20-22-24-26-28-30-32-34-36-44(48)54-42(40-53-55(49,50)52-38-41(46)37-45)39-51-43(47)35-33-31-29-27-25-23-21-18-16-14-12-10-8-6-4-2/h18,21-22,24-25,27-28,30,41-42,45-46H,3-17,19-20,23,26,29,31-40H2,1-2H3,(H,49,50)/b21-18+,24-22+,27-25+,30-28+/t41-,42+/m0/s1. The van der Waals surface area contributed by atoms with Gasteiger partial charge in [-0.3, -0.25) is 18.6 Å². The summed E-state index contributed by atoms with van der Waals surface area (Å²) in [5, 5.41) is 18.3. The first-order valence-corrected chi connectivity index (χ1v) is 23.1. The molecule has 0 aliphatic carbocycles. The van der Waals surface area contributed by atoms with Crippen LogP contribution in [0.4, 0.5) is 0 Å². The van der Waals surface area contributed by atoms with Gasteiger partial charge in [-0.15, -0.1) is 0 Å². The number of hydrogen-bond acceptors (Lipinski definition) is 9. The molecule has 1 unspecified atom stereocenters. The maximum absolute atomic E-state index is 12.6. The second-order valence-electron chi connectivity index (χ2n) is 14.4. The van der Waals surface area contributed by atoms with Gasteiger partial charge in [-0.05, 0) is 70.6 Å². The van der Waals surface area contributed by atoms with Crippen molar-refractivity contribution in [1.82, 2.24) is 0 Å². The van der Waals surface area contributed by atoms with E-state index in [0.717, 1.165) is 38.5 Å². The van der Waals surface area contributed by atoms with Crippen molar-refractivity contribution in [2.45, 2.75) is 193 Å². The molecule has 0 saturated carbocycles. The molecule has 0 fully saturated rings. The third kappa shape index (κ3) is 39.9. The van der Waals surface area contributed by atoms with Gasteiger partial charge in [0.25, 0.3) is 0 Å². The van der Waals surface area contributed by atoms with Gasteiger partial charge in [0.15, 0.2) is 6.10 Å². The van der Waals surface area contributed by atoms with Crippen LogP contribution in [0, 0.1) is 0 Å². The molecule has 320 valence electrons. The van der Waals surface area contributed by atoms with Crippen molar-refractivity contribution in [1.29, 1.82) is 0 Å². The van der Waals surface area contributed by atoms with Crippen molar-refractivity contribution >= 4 is 19.8 Å². The maximum atomic E-state index is 12.6. The molecular weight excluding hydrogens is 719 g/mol. The third-order valence-electron chi connectivity index (χ3n) is 8.96. The molecular formula is C44H79O10P. The molecule has 0 amide bonds. The van der Waals surface area contributed by atoms with E-state index in [-0.39, 0.29) is 19.4 Å². The van der Waals surface area contributed by atoms with Crippen molar-refractivity contribution in [2.75, 3.05) is 26.4 Å². The van der Waals surface area contributed by atoms with E-state index in [2.05, 4.69) is 60.9 Å². The zero-order valence-electron chi connectivity index (χ0n) is 34.6. The highest BCUT2D eigenvalue weighted by atomic mass is 31.2. The lowest BCUT2D eigenvalue weighted by Gasteiger charge is -2.20. The molecule has 0 aromatic rings. The molecule has 0 rings (SSSR count). The van der Waals surface area contributed by atoms with Crippen LogP contribution in [-0.4, -0.2) is 65.7 Å². The number of carbonyl (C=O) groups excluding carboxylic acids is 2. The first-order chi connectivity index (χ1) is 26.7. The summed E-state index contributed by atoms with van der Waals surface area (Å²) in [7, 11) is -4.63. The van der Waals surface area contributed by atoms with Gasteiger partial charge in [0.2, 0.25) is 0 Å². The number of rotatable bonds is 40. The molecule has 3 N–H and O–H groups in total. The first-order valence-electron chi connectivity index (χ1n) is 21.6. The minimum atomic E-state index is -4.63. The molecule has 0 heterocycles. The van der Waals surface area contributed by atoms with Crippen LogP contribution in [0.15, 0.2) is 48.6 Å². The highest BCUT2D eigenvalue weighted by molar-refractivity contribution is 7.47. The second-order valence-corrected chi connectivity index (χ2v) is 15.8. The number of phosphoric acid groups is 1. The molecule has 3 atom stereocenters. The predicted octanol–water partition coefficient (Wildman–Crippen LogP) is 11.3. The van der Waals surface area contributed by atoms with E-state index in [0.29, 0.717) is 19.3 Å². The molecule has 0 spiro atoms. The molecule has 0 saturated heterocycles. The minimum absolute atomic E-state index is 0.113. The number of unbranched alkanes of at least 4 members (excludes halogenated alkanes) is 18. The summed E-state index contributed by atoms with van der Waals surface area (Å²) in [6.45, 7) is 2.29. The van der Waals surface area contributed by atoms with Gasteiger partial charge in [0.05, 0.1) is 19.8 Å². The Kier molecular flexibility index (Phi) is 38.6. The minimum Gasteiger partial charge on any atom is -0.462 e. The number of phosphoric ester groups is 1. The van der Waals surface area contributed by atoms with Crippen molar-refractivity contribution in [3.8, 4) is 0 Å². The topological polar surface area (TPSA) is 149 Å². The van der Waals surface area contributed by atoms with Crippen LogP contribution < -0.4 is 0 Å². The summed E-state index contributed by atoms with van der Waals surface area (Å²) in [5.74, 6) is -1.02. The van der Waals surface area contributed by atoms with Crippen LogP contribution in [-0.2, 0) is 32.7 Å². The number of hydrogen-bond donors (Lipinski definition) is 3. The Morgan fingerprint density at radius 3 is 1.45 bits per heavy atom. The first kappa shape index (κ1) is 52.9. The Hall–Kier alpha value is -2.07. The Morgan fingerprint density at radius 1 is 0.545 bits per heavy atom. The van der Waals surface area contributed by atoms with E-state index >= 15 is 0 Å². The highest BCUT2D eigenvalue weighted by Crippen LogP contribution is 2.43. The number of aliphatic hydroxyl groups excluding tert-OH is 2. The summed E-state index contributed by atoms with van der Waals surface area (Å²) in [6.07, 6.45) is 42.3. The number of carbonyl (C=O) groups is 2. The van der Waals surface area contributed by atoms with Crippen molar-refractivity contribution in [2.24, 2.45) is 0 Å². The molecule has 0 aliphatic rings.